The largest absolute Gasteiger partial charge is 0.515 e. The molecular weight excluding hydrogens is 220 g/mol. The number of carbonyl (C=O) groups is 2. The fourth-order valence-corrected chi connectivity index (χ4v) is 1.39. The van der Waals surface area contributed by atoms with E-state index in [9.17, 15) is 9.59 Å². The van der Waals surface area contributed by atoms with Gasteiger partial charge in [0.1, 0.15) is 5.57 Å². The number of carbonyl (C=O) groups excluding carboxylic acids is 2. The highest BCUT2D eigenvalue weighted by molar-refractivity contribution is 6.17. The molecule has 0 saturated heterocycles. The quantitative estimate of drug-likeness (QED) is 0.277. The number of esters is 1. The summed E-state index contributed by atoms with van der Waals surface area (Å²) in [7, 11) is 1.16. The molecule has 0 saturated carbocycles. The average molecular weight is 234 g/mol. The van der Waals surface area contributed by atoms with Gasteiger partial charge in [-0.15, -0.1) is 0 Å². The van der Waals surface area contributed by atoms with Crippen molar-refractivity contribution < 1.29 is 19.4 Å². The molecule has 17 heavy (non-hydrogen) atoms. The van der Waals surface area contributed by atoms with Crippen LogP contribution >= 0.6 is 0 Å². The molecule has 0 bridgehead atoms. The van der Waals surface area contributed by atoms with E-state index in [4.69, 9.17) is 5.11 Å². The minimum atomic E-state index is -0.814. The molecule has 90 valence electrons. The van der Waals surface area contributed by atoms with Gasteiger partial charge < -0.3 is 9.84 Å². The zero-order valence-electron chi connectivity index (χ0n) is 9.55. The van der Waals surface area contributed by atoms with Crippen molar-refractivity contribution in [2.45, 2.75) is 12.8 Å². The summed E-state index contributed by atoms with van der Waals surface area (Å²) in [5.41, 5.74) is 0.687. The van der Waals surface area contributed by atoms with Crippen LogP contribution in [-0.4, -0.2) is 24.0 Å². The van der Waals surface area contributed by atoms with Crippen LogP contribution in [0.1, 0.15) is 12.0 Å². The fourth-order valence-electron chi connectivity index (χ4n) is 1.39. The van der Waals surface area contributed by atoms with Gasteiger partial charge in [0.2, 0.25) is 0 Å². The number of methoxy groups -OCH3 is 1. The molecule has 1 rings (SSSR count). The third-order valence-corrected chi connectivity index (χ3v) is 2.32. The Morgan fingerprint density at radius 1 is 1.29 bits per heavy atom. The van der Waals surface area contributed by atoms with Crippen LogP contribution in [0.2, 0.25) is 0 Å². The molecule has 0 aliphatic rings. The highest BCUT2D eigenvalue weighted by Crippen LogP contribution is 2.07. The monoisotopic (exact) mass is 234 g/mol. The normalized spacial score (nSPS) is 11.0. The first-order valence-corrected chi connectivity index (χ1v) is 5.19. The molecule has 0 unspecified atom stereocenters. The van der Waals surface area contributed by atoms with Gasteiger partial charge in [-0.3, -0.25) is 4.79 Å². The van der Waals surface area contributed by atoms with Crippen molar-refractivity contribution in [3.05, 3.63) is 47.7 Å². The smallest absolute Gasteiger partial charge is 0.344 e. The second-order valence-corrected chi connectivity index (χ2v) is 3.44. The Balaban J connectivity index is 2.58. The minimum absolute atomic E-state index is 0.158. The van der Waals surface area contributed by atoms with Crippen LogP contribution in [0.3, 0.4) is 0 Å². The molecule has 1 aromatic carbocycles. The van der Waals surface area contributed by atoms with E-state index >= 15 is 0 Å². The van der Waals surface area contributed by atoms with Gasteiger partial charge in [0.05, 0.1) is 13.4 Å². The van der Waals surface area contributed by atoms with Crippen LogP contribution in [-0.2, 0) is 20.7 Å². The van der Waals surface area contributed by atoms with Gasteiger partial charge >= 0.3 is 5.97 Å². The first-order valence-electron chi connectivity index (χ1n) is 5.19. The Bertz CT molecular complexity index is 420. The first kappa shape index (κ1) is 13.0. The molecule has 0 heterocycles. The molecule has 4 nitrogen and oxygen atoms in total. The van der Waals surface area contributed by atoms with Crippen LogP contribution < -0.4 is 0 Å². The third-order valence-electron chi connectivity index (χ3n) is 2.32. The summed E-state index contributed by atoms with van der Waals surface area (Å²) in [6.07, 6.45) is 1.18. The van der Waals surface area contributed by atoms with E-state index in [1.807, 2.05) is 30.3 Å². The van der Waals surface area contributed by atoms with Crippen LogP contribution in [0.15, 0.2) is 42.2 Å². The molecule has 0 radical (unpaired) electrons. The highest BCUT2D eigenvalue weighted by atomic mass is 16.5. The lowest BCUT2D eigenvalue weighted by Gasteiger charge is -2.03. The van der Waals surface area contributed by atoms with Crippen LogP contribution in [0.5, 0.6) is 0 Å². The number of rotatable bonds is 5. The number of hydrogen-bond donors (Lipinski definition) is 1. The second-order valence-electron chi connectivity index (χ2n) is 3.44. The predicted octanol–water partition coefficient (Wildman–Crippen LogP) is 1.80. The highest BCUT2D eigenvalue weighted by Gasteiger charge is 2.18. The number of aliphatic hydroxyl groups is 1. The van der Waals surface area contributed by atoms with Crippen molar-refractivity contribution in [1.29, 1.82) is 0 Å². The van der Waals surface area contributed by atoms with E-state index in [-0.39, 0.29) is 12.0 Å². The fraction of sp³-hybridized carbons (Fsp3) is 0.231. The molecule has 0 fully saturated rings. The van der Waals surface area contributed by atoms with Gasteiger partial charge in [0, 0.05) is 6.42 Å². The Hall–Kier alpha value is -2.10. The molecule has 1 N–H and O–H groups in total. The molecule has 0 amide bonds. The topological polar surface area (TPSA) is 63.6 Å². The maximum atomic E-state index is 11.6. The van der Waals surface area contributed by atoms with Crippen molar-refractivity contribution in [2.24, 2.45) is 0 Å². The standard InChI is InChI=1S/C13H14O4/c1-17-13(16)11(9-14)12(15)8-7-10-5-3-2-4-6-10/h2-6,9,14H,7-8H2,1H3. The Morgan fingerprint density at radius 2 is 1.94 bits per heavy atom. The lowest BCUT2D eigenvalue weighted by Crippen LogP contribution is -2.15. The zero-order valence-corrected chi connectivity index (χ0v) is 9.55. The second kappa shape index (κ2) is 6.48. The predicted molar refractivity (Wildman–Crippen MR) is 62.5 cm³/mol. The van der Waals surface area contributed by atoms with Crippen molar-refractivity contribution in [3.8, 4) is 0 Å². The molecule has 0 atom stereocenters. The van der Waals surface area contributed by atoms with E-state index in [1.165, 1.54) is 0 Å². The maximum Gasteiger partial charge on any atom is 0.344 e. The maximum absolute atomic E-state index is 11.6. The van der Waals surface area contributed by atoms with Gasteiger partial charge in [0.15, 0.2) is 5.78 Å². The van der Waals surface area contributed by atoms with Crippen molar-refractivity contribution in [1.82, 2.24) is 0 Å². The average Bonchev–Trinajstić information content (AvgIpc) is 2.38. The van der Waals surface area contributed by atoms with Crippen LogP contribution in [0.4, 0.5) is 0 Å². The van der Waals surface area contributed by atoms with Crippen LogP contribution in [0.25, 0.3) is 0 Å². The van der Waals surface area contributed by atoms with Crippen molar-refractivity contribution in [2.75, 3.05) is 7.11 Å². The van der Waals surface area contributed by atoms with Gasteiger partial charge in [-0.1, -0.05) is 30.3 Å². The number of Topliss-reactive ketones (excluding diaryl/α,β-unsaturated/α-hetero) is 1. The van der Waals surface area contributed by atoms with E-state index in [2.05, 4.69) is 4.74 Å². The van der Waals surface area contributed by atoms with Gasteiger partial charge in [0.25, 0.3) is 0 Å². The minimum Gasteiger partial charge on any atom is -0.515 e. The van der Waals surface area contributed by atoms with Gasteiger partial charge in [-0.25, -0.2) is 4.79 Å². The van der Waals surface area contributed by atoms with E-state index in [0.29, 0.717) is 12.7 Å². The SMILES string of the molecule is COC(=O)C(=CO)C(=O)CCc1ccccc1. The summed E-state index contributed by atoms with van der Waals surface area (Å²) < 4.78 is 4.39. The summed E-state index contributed by atoms with van der Waals surface area (Å²) in [4.78, 5) is 22.7. The number of hydrogen-bond acceptors (Lipinski definition) is 4. The van der Waals surface area contributed by atoms with E-state index in [1.54, 1.807) is 0 Å². The molecule has 4 heteroatoms. The Kier molecular flexibility index (Phi) is 4.94. The molecule has 0 aliphatic carbocycles. The first-order chi connectivity index (χ1) is 8.19. The Labute approximate surface area is 99.5 Å². The summed E-state index contributed by atoms with van der Waals surface area (Å²) in [5, 5.41) is 8.81. The Morgan fingerprint density at radius 3 is 2.47 bits per heavy atom. The third kappa shape index (κ3) is 3.75. The van der Waals surface area contributed by atoms with E-state index < -0.39 is 11.8 Å². The van der Waals surface area contributed by atoms with Gasteiger partial charge in [-0.05, 0) is 12.0 Å². The summed E-state index contributed by atoms with van der Waals surface area (Å²) >= 11 is 0. The lowest BCUT2D eigenvalue weighted by atomic mass is 10.0. The zero-order chi connectivity index (χ0) is 12.7. The number of ketones is 1. The summed E-state index contributed by atoms with van der Waals surface area (Å²) in [6.45, 7) is 0. The van der Waals surface area contributed by atoms with Crippen molar-refractivity contribution in [3.63, 3.8) is 0 Å². The summed E-state index contributed by atoms with van der Waals surface area (Å²) in [5.74, 6) is -1.24. The number of benzene rings is 1. The van der Waals surface area contributed by atoms with Crippen LogP contribution in [0, 0.1) is 0 Å². The van der Waals surface area contributed by atoms with Gasteiger partial charge in [-0.2, -0.15) is 0 Å². The number of ether oxygens (including phenoxy) is 1. The molecule has 0 aliphatic heterocycles. The molecule has 0 aromatic heterocycles. The number of aryl methyl sites for hydroxylation is 1. The van der Waals surface area contributed by atoms with Crippen molar-refractivity contribution >= 4 is 11.8 Å². The molecule has 1 aromatic rings. The van der Waals surface area contributed by atoms with E-state index in [0.717, 1.165) is 12.7 Å². The molecular formula is C13H14O4. The number of aliphatic hydroxyl groups excluding tert-OH is 1. The summed E-state index contributed by atoms with van der Waals surface area (Å²) in [6, 6.07) is 9.44. The molecule has 0 spiro atoms. The lowest BCUT2D eigenvalue weighted by molar-refractivity contribution is -0.138.